The van der Waals surface area contributed by atoms with Gasteiger partial charge in [0.25, 0.3) is 0 Å². The van der Waals surface area contributed by atoms with Gasteiger partial charge in [0, 0.05) is 0 Å². The molecule has 0 aromatic heterocycles. The van der Waals surface area contributed by atoms with Gasteiger partial charge in [0.2, 0.25) is 0 Å². The van der Waals surface area contributed by atoms with E-state index in [0.29, 0.717) is 5.92 Å². The summed E-state index contributed by atoms with van der Waals surface area (Å²) in [5.74, 6) is 0.558. The van der Waals surface area contributed by atoms with E-state index in [4.69, 9.17) is 5.11 Å². The molecule has 0 atom stereocenters. The molecule has 48 valence electrons. The molecule has 0 heterocycles. The topological polar surface area (TPSA) is 20.2 Å². The summed E-state index contributed by atoms with van der Waals surface area (Å²) in [6.45, 7) is 6.32. The molecule has 0 fully saturated rings. The Morgan fingerprint density at radius 1 is 1.62 bits per heavy atom. The molecule has 0 bridgehead atoms. The molecule has 0 radical (unpaired) electrons. The minimum atomic E-state index is 0.193. The number of rotatable bonds is 2. The van der Waals surface area contributed by atoms with Crippen LogP contribution in [0.2, 0.25) is 0 Å². The van der Waals surface area contributed by atoms with Crippen molar-refractivity contribution in [3.05, 3.63) is 11.6 Å². The van der Waals surface area contributed by atoms with Gasteiger partial charge in [-0.05, 0) is 12.8 Å². The fourth-order valence-corrected chi connectivity index (χ4v) is 0.622. The van der Waals surface area contributed by atoms with Gasteiger partial charge in [0.15, 0.2) is 0 Å². The second-order valence-corrected chi connectivity index (χ2v) is 2.42. The second kappa shape index (κ2) is 3.67. The van der Waals surface area contributed by atoms with Crippen molar-refractivity contribution >= 4 is 0 Å². The molecule has 0 spiro atoms. The van der Waals surface area contributed by atoms with Crippen LogP contribution in [0.1, 0.15) is 20.8 Å². The number of allylic oxidation sites excluding steroid dienone is 1. The zero-order valence-corrected chi connectivity index (χ0v) is 5.81. The molecule has 0 aliphatic carbocycles. The number of aliphatic hydroxyl groups is 1. The predicted molar refractivity (Wildman–Crippen MR) is 35.7 cm³/mol. The standard InChI is InChI=1S/C7H14O/c1-6(2)4-7(3)5-8/h4,6,8H,5H2,1-3H3/b7-4-. The molecule has 0 aromatic rings. The SMILES string of the molecule is C/C(=C/C(C)C)CO. The molecule has 1 heteroatoms. The third kappa shape index (κ3) is 3.88. The van der Waals surface area contributed by atoms with Crippen LogP contribution in [-0.4, -0.2) is 11.7 Å². The van der Waals surface area contributed by atoms with Gasteiger partial charge in [0.1, 0.15) is 0 Å². The maximum Gasteiger partial charge on any atom is 0.0639 e. The third-order valence-corrected chi connectivity index (χ3v) is 0.867. The van der Waals surface area contributed by atoms with Crippen LogP contribution in [0.4, 0.5) is 0 Å². The summed E-state index contributed by atoms with van der Waals surface area (Å²) >= 11 is 0. The average Bonchev–Trinajstić information content (AvgIpc) is 1.65. The van der Waals surface area contributed by atoms with Gasteiger partial charge in [-0.15, -0.1) is 0 Å². The highest BCUT2D eigenvalue weighted by Crippen LogP contribution is 1.99. The Kier molecular flexibility index (Phi) is 3.53. The first-order valence-electron chi connectivity index (χ1n) is 2.95. The second-order valence-electron chi connectivity index (χ2n) is 2.42. The molecule has 0 rings (SSSR count). The lowest BCUT2D eigenvalue weighted by Gasteiger charge is -1.96. The Bertz CT molecular complexity index is 82.4. The van der Waals surface area contributed by atoms with Gasteiger partial charge in [-0.3, -0.25) is 0 Å². The van der Waals surface area contributed by atoms with Gasteiger partial charge in [-0.1, -0.05) is 25.5 Å². The predicted octanol–water partition coefficient (Wildman–Crippen LogP) is 1.58. The number of hydrogen-bond donors (Lipinski definition) is 1. The zero-order valence-electron chi connectivity index (χ0n) is 5.81. The number of hydrogen-bond acceptors (Lipinski definition) is 1. The summed E-state index contributed by atoms with van der Waals surface area (Å²) in [7, 11) is 0. The van der Waals surface area contributed by atoms with Crippen LogP contribution in [-0.2, 0) is 0 Å². The lowest BCUT2D eigenvalue weighted by atomic mass is 10.1. The van der Waals surface area contributed by atoms with Gasteiger partial charge in [0.05, 0.1) is 6.61 Å². The lowest BCUT2D eigenvalue weighted by molar-refractivity contribution is 0.330. The summed E-state index contributed by atoms with van der Waals surface area (Å²) in [6, 6.07) is 0. The Labute approximate surface area is 51.0 Å². The third-order valence-electron chi connectivity index (χ3n) is 0.867. The highest BCUT2D eigenvalue weighted by atomic mass is 16.3. The van der Waals surface area contributed by atoms with Crippen molar-refractivity contribution in [1.29, 1.82) is 0 Å². The van der Waals surface area contributed by atoms with Crippen molar-refractivity contribution in [2.24, 2.45) is 5.92 Å². The van der Waals surface area contributed by atoms with Crippen LogP contribution in [0, 0.1) is 5.92 Å². The molecule has 0 unspecified atom stereocenters. The molecular weight excluding hydrogens is 100 g/mol. The molecule has 0 aliphatic heterocycles. The minimum Gasteiger partial charge on any atom is -0.392 e. The van der Waals surface area contributed by atoms with Crippen LogP contribution >= 0.6 is 0 Å². The van der Waals surface area contributed by atoms with Gasteiger partial charge in [-0.25, -0.2) is 0 Å². The Morgan fingerprint density at radius 3 is 2.25 bits per heavy atom. The molecular formula is C7H14O. The number of aliphatic hydroxyl groups excluding tert-OH is 1. The Balaban J connectivity index is 3.56. The normalized spacial score (nSPS) is 12.9. The first kappa shape index (κ1) is 7.70. The van der Waals surface area contributed by atoms with Crippen LogP contribution in [0.5, 0.6) is 0 Å². The zero-order chi connectivity index (χ0) is 6.57. The van der Waals surface area contributed by atoms with E-state index in [9.17, 15) is 0 Å². The van der Waals surface area contributed by atoms with Crippen LogP contribution in [0.3, 0.4) is 0 Å². The quantitative estimate of drug-likeness (QED) is 0.540. The molecule has 8 heavy (non-hydrogen) atoms. The van der Waals surface area contributed by atoms with Crippen molar-refractivity contribution in [3.63, 3.8) is 0 Å². The maximum absolute atomic E-state index is 8.52. The van der Waals surface area contributed by atoms with Crippen LogP contribution < -0.4 is 0 Å². The minimum absolute atomic E-state index is 0.193. The first-order chi connectivity index (χ1) is 3.66. The van der Waals surface area contributed by atoms with Gasteiger partial charge >= 0.3 is 0 Å². The van der Waals surface area contributed by atoms with E-state index >= 15 is 0 Å². The molecule has 0 saturated carbocycles. The Hall–Kier alpha value is -0.300. The Morgan fingerprint density at radius 2 is 2.12 bits per heavy atom. The summed E-state index contributed by atoms with van der Waals surface area (Å²) < 4.78 is 0. The largest absolute Gasteiger partial charge is 0.392 e. The van der Waals surface area contributed by atoms with E-state index in [1.165, 1.54) is 0 Å². The van der Waals surface area contributed by atoms with Crippen molar-refractivity contribution in [1.82, 2.24) is 0 Å². The molecule has 0 aliphatic rings. The van der Waals surface area contributed by atoms with Gasteiger partial charge in [-0.2, -0.15) is 0 Å². The summed E-state index contributed by atoms with van der Waals surface area (Å²) in [6.07, 6.45) is 2.06. The van der Waals surface area contributed by atoms with E-state index in [-0.39, 0.29) is 6.61 Å². The summed E-state index contributed by atoms with van der Waals surface area (Å²) in [4.78, 5) is 0. The van der Waals surface area contributed by atoms with Crippen molar-refractivity contribution in [2.45, 2.75) is 20.8 Å². The van der Waals surface area contributed by atoms with E-state index in [1.807, 2.05) is 6.92 Å². The van der Waals surface area contributed by atoms with Crippen molar-refractivity contribution < 1.29 is 5.11 Å². The molecule has 1 nitrogen and oxygen atoms in total. The van der Waals surface area contributed by atoms with E-state index < -0.39 is 0 Å². The fraction of sp³-hybridized carbons (Fsp3) is 0.714. The highest BCUT2D eigenvalue weighted by molar-refractivity contribution is 4.98. The lowest BCUT2D eigenvalue weighted by Crippen LogP contribution is -1.87. The smallest absolute Gasteiger partial charge is 0.0639 e. The summed E-state index contributed by atoms with van der Waals surface area (Å²) in [5, 5.41) is 8.52. The van der Waals surface area contributed by atoms with E-state index in [1.54, 1.807) is 0 Å². The molecule has 0 aromatic carbocycles. The van der Waals surface area contributed by atoms with E-state index in [0.717, 1.165) is 5.57 Å². The summed E-state index contributed by atoms with van der Waals surface area (Å²) in [5.41, 5.74) is 1.06. The van der Waals surface area contributed by atoms with Gasteiger partial charge < -0.3 is 5.11 Å². The van der Waals surface area contributed by atoms with Crippen LogP contribution in [0.25, 0.3) is 0 Å². The molecule has 1 N–H and O–H groups in total. The van der Waals surface area contributed by atoms with Crippen molar-refractivity contribution in [3.8, 4) is 0 Å². The monoisotopic (exact) mass is 114 g/mol. The first-order valence-corrected chi connectivity index (χ1v) is 2.95. The fourth-order valence-electron chi connectivity index (χ4n) is 0.622. The van der Waals surface area contributed by atoms with Crippen LogP contribution in [0.15, 0.2) is 11.6 Å². The average molecular weight is 114 g/mol. The molecule has 0 saturated heterocycles. The maximum atomic E-state index is 8.52. The molecule has 0 amide bonds. The van der Waals surface area contributed by atoms with Crippen molar-refractivity contribution in [2.75, 3.05) is 6.61 Å². The van der Waals surface area contributed by atoms with E-state index in [2.05, 4.69) is 19.9 Å². The highest BCUT2D eigenvalue weighted by Gasteiger charge is 1.87.